The van der Waals surface area contributed by atoms with E-state index in [1.807, 2.05) is 6.07 Å². The minimum atomic E-state index is 0.0615. The highest BCUT2D eigenvalue weighted by molar-refractivity contribution is 6.35. The molecule has 1 unspecified atom stereocenters. The van der Waals surface area contributed by atoms with Crippen LogP contribution in [0.3, 0.4) is 0 Å². The van der Waals surface area contributed by atoms with Gasteiger partial charge in [0.05, 0.1) is 24.8 Å². The molecule has 1 N–H and O–H groups in total. The van der Waals surface area contributed by atoms with E-state index in [1.54, 1.807) is 13.2 Å². The van der Waals surface area contributed by atoms with Gasteiger partial charge in [0.25, 0.3) is 0 Å². The molecule has 1 heterocycles. The summed E-state index contributed by atoms with van der Waals surface area (Å²) in [5.41, 5.74) is 0.950. The number of ether oxygens (including phenoxy) is 3. The topological polar surface area (TPSA) is 39.7 Å². The van der Waals surface area contributed by atoms with E-state index in [0.29, 0.717) is 35.6 Å². The average molecular weight is 320 g/mol. The maximum absolute atomic E-state index is 6.25. The molecule has 0 amide bonds. The highest BCUT2D eigenvalue weighted by atomic mass is 35.5. The van der Waals surface area contributed by atoms with Crippen molar-refractivity contribution in [3.8, 4) is 5.75 Å². The fourth-order valence-corrected chi connectivity index (χ4v) is 2.63. The van der Waals surface area contributed by atoms with E-state index in [4.69, 9.17) is 37.4 Å². The predicted octanol–water partition coefficient (Wildman–Crippen LogP) is 2.90. The first-order chi connectivity index (χ1) is 9.70. The zero-order valence-electron chi connectivity index (χ0n) is 11.5. The Hall–Kier alpha value is -0.520. The van der Waals surface area contributed by atoms with Crippen molar-refractivity contribution >= 4 is 23.2 Å². The largest absolute Gasteiger partial charge is 0.486 e. The first-order valence-electron chi connectivity index (χ1n) is 6.62. The highest BCUT2D eigenvalue weighted by Crippen LogP contribution is 2.34. The van der Waals surface area contributed by atoms with Crippen LogP contribution in [0.1, 0.15) is 12.0 Å². The fraction of sp³-hybridized carbons (Fsp3) is 0.571. The van der Waals surface area contributed by atoms with Crippen LogP contribution < -0.4 is 10.1 Å². The van der Waals surface area contributed by atoms with Gasteiger partial charge in [0.15, 0.2) is 0 Å². The summed E-state index contributed by atoms with van der Waals surface area (Å²) in [6.45, 7) is 3.38. The smallest absolute Gasteiger partial charge is 0.143 e. The van der Waals surface area contributed by atoms with Crippen LogP contribution in [0.5, 0.6) is 5.75 Å². The van der Waals surface area contributed by atoms with Gasteiger partial charge in [-0.15, -0.1) is 0 Å². The lowest BCUT2D eigenvalue weighted by Crippen LogP contribution is -2.21. The standard InChI is InChI=1S/C14H19Cl2NO3/c1-18-5-3-17-8-10-6-11(15)7-13(16)14(10)20-12-2-4-19-9-12/h6-7,12,17H,2-5,8-9H2,1H3. The lowest BCUT2D eigenvalue weighted by Gasteiger charge is -2.18. The Labute approximate surface area is 129 Å². The molecule has 20 heavy (non-hydrogen) atoms. The normalized spacial score (nSPS) is 18.4. The highest BCUT2D eigenvalue weighted by Gasteiger charge is 2.20. The Kier molecular flexibility index (Phi) is 6.39. The van der Waals surface area contributed by atoms with Gasteiger partial charge in [-0.2, -0.15) is 0 Å². The van der Waals surface area contributed by atoms with Gasteiger partial charge >= 0.3 is 0 Å². The van der Waals surface area contributed by atoms with Crippen molar-refractivity contribution in [2.75, 3.05) is 33.5 Å². The third kappa shape index (κ3) is 4.50. The number of benzene rings is 1. The molecule has 6 heteroatoms. The van der Waals surface area contributed by atoms with Crippen molar-refractivity contribution in [1.82, 2.24) is 5.32 Å². The molecule has 1 aromatic carbocycles. The van der Waals surface area contributed by atoms with Gasteiger partial charge in [-0.05, 0) is 12.1 Å². The molecule has 0 aliphatic carbocycles. The Balaban J connectivity index is 2.06. The molecule has 0 aromatic heterocycles. The number of halogens is 2. The summed E-state index contributed by atoms with van der Waals surface area (Å²) in [5, 5.41) is 4.41. The monoisotopic (exact) mass is 319 g/mol. The van der Waals surface area contributed by atoms with Crippen molar-refractivity contribution < 1.29 is 14.2 Å². The minimum absolute atomic E-state index is 0.0615. The Bertz CT molecular complexity index is 437. The number of hydrogen-bond acceptors (Lipinski definition) is 4. The maximum atomic E-state index is 6.25. The Morgan fingerprint density at radius 3 is 2.95 bits per heavy atom. The van der Waals surface area contributed by atoms with Crippen molar-refractivity contribution in [3.63, 3.8) is 0 Å². The fourth-order valence-electron chi connectivity index (χ4n) is 2.05. The van der Waals surface area contributed by atoms with Crippen LogP contribution in [0.4, 0.5) is 0 Å². The van der Waals surface area contributed by atoms with Crippen LogP contribution in [-0.2, 0) is 16.0 Å². The number of rotatable bonds is 7. The molecule has 2 rings (SSSR count). The molecule has 0 spiro atoms. The molecule has 0 saturated carbocycles. The second kappa shape index (κ2) is 8.05. The SMILES string of the molecule is COCCNCc1cc(Cl)cc(Cl)c1OC1CCOC1. The van der Waals surface area contributed by atoms with E-state index in [-0.39, 0.29) is 6.10 Å². The van der Waals surface area contributed by atoms with Crippen LogP contribution in [0, 0.1) is 0 Å². The predicted molar refractivity (Wildman–Crippen MR) is 79.9 cm³/mol. The maximum Gasteiger partial charge on any atom is 0.143 e. The van der Waals surface area contributed by atoms with E-state index >= 15 is 0 Å². The molecular weight excluding hydrogens is 301 g/mol. The summed E-state index contributed by atoms with van der Waals surface area (Å²) < 4.78 is 16.3. The molecule has 1 aliphatic heterocycles. The Morgan fingerprint density at radius 2 is 2.25 bits per heavy atom. The van der Waals surface area contributed by atoms with Gasteiger partial charge in [-0.1, -0.05) is 23.2 Å². The molecule has 4 nitrogen and oxygen atoms in total. The summed E-state index contributed by atoms with van der Waals surface area (Å²) in [5.74, 6) is 0.691. The lowest BCUT2D eigenvalue weighted by molar-refractivity contribution is 0.140. The molecule has 1 saturated heterocycles. The summed E-state index contributed by atoms with van der Waals surface area (Å²) >= 11 is 12.3. The first-order valence-corrected chi connectivity index (χ1v) is 7.38. The van der Waals surface area contributed by atoms with Crippen LogP contribution in [0.25, 0.3) is 0 Å². The van der Waals surface area contributed by atoms with E-state index in [2.05, 4.69) is 5.32 Å². The van der Waals surface area contributed by atoms with Crippen LogP contribution in [-0.4, -0.2) is 39.6 Å². The van der Waals surface area contributed by atoms with Gasteiger partial charge in [-0.3, -0.25) is 0 Å². The molecular formula is C14H19Cl2NO3. The first kappa shape index (κ1) is 15.9. The minimum Gasteiger partial charge on any atom is -0.486 e. The van der Waals surface area contributed by atoms with Crippen molar-refractivity contribution in [2.24, 2.45) is 0 Å². The van der Waals surface area contributed by atoms with Gasteiger partial charge < -0.3 is 19.5 Å². The molecule has 0 radical (unpaired) electrons. The third-order valence-electron chi connectivity index (χ3n) is 3.06. The van der Waals surface area contributed by atoms with Gasteiger partial charge in [0.1, 0.15) is 11.9 Å². The van der Waals surface area contributed by atoms with Crippen molar-refractivity contribution in [3.05, 3.63) is 27.7 Å². The molecule has 1 atom stereocenters. The average Bonchev–Trinajstić information content (AvgIpc) is 2.91. The number of nitrogens with one attached hydrogen (secondary N) is 1. The summed E-state index contributed by atoms with van der Waals surface area (Å²) in [6, 6.07) is 3.57. The lowest BCUT2D eigenvalue weighted by atomic mass is 10.2. The number of methoxy groups -OCH3 is 1. The van der Waals surface area contributed by atoms with E-state index in [0.717, 1.165) is 25.1 Å². The van der Waals surface area contributed by atoms with Crippen LogP contribution in [0.2, 0.25) is 10.0 Å². The van der Waals surface area contributed by atoms with Crippen molar-refractivity contribution in [1.29, 1.82) is 0 Å². The van der Waals surface area contributed by atoms with Crippen LogP contribution in [0.15, 0.2) is 12.1 Å². The van der Waals surface area contributed by atoms with Crippen molar-refractivity contribution in [2.45, 2.75) is 19.1 Å². The second-order valence-electron chi connectivity index (χ2n) is 4.65. The van der Waals surface area contributed by atoms with E-state index in [1.165, 1.54) is 0 Å². The summed E-state index contributed by atoms with van der Waals surface area (Å²) in [4.78, 5) is 0. The van der Waals surface area contributed by atoms with E-state index < -0.39 is 0 Å². The van der Waals surface area contributed by atoms with Gasteiger partial charge in [0, 0.05) is 37.2 Å². The van der Waals surface area contributed by atoms with Gasteiger partial charge in [-0.25, -0.2) is 0 Å². The van der Waals surface area contributed by atoms with Crippen LogP contribution >= 0.6 is 23.2 Å². The molecule has 0 bridgehead atoms. The molecule has 1 aliphatic rings. The Morgan fingerprint density at radius 1 is 1.40 bits per heavy atom. The third-order valence-corrected chi connectivity index (χ3v) is 3.56. The molecule has 1 aromatic rings. The summed E-state index contributed by atoms with van der Waals surface area (Å²) in [7, 11) is 1.67. The summed E-state index contributed by atoms with van der Waals surface area (Å²) in [6.07, 6.45) is 0.946. The zero-order chi connectivity index (χ0) is 14.4. The quantitative estimate of drug-likeness (QED) is 0.784. The number of hydrogen-bond donors (Lipinski definition) is 1. The van der Waals surface area contributed by atoms with Gasteiger partial charge in [0.2, 0.25) is 0 Å². The van der Waals surface area contributed by atoms with E-state index in [9.17, 15) is 0 Å². The zero-order valence-corrected chi connectivity index (χ0v) is 13.0. The molecule has 112 valence electrons. The second-order valence-corrected chi connectivity index (χ2v) is 5.49. The molecule has 1 fully saturated rings.